The summed E-state index contributed by atoms with van der Waals surface area (Å²) in [6.45, 7) is 3.41. The summed E-state index contributed by atoms with van der Waals surface area (Å²) in [6.07, 6.45) is 1.21. The maximum absolute atomic E-state index is 11.4. The highest BCUT2D eigenvalue weighted by molar-refractivity contribution is 7.90. The van der Waals surface area contributed by atoms with Gasteiger partial charge in [0.1, 0.15) is 0 Å². The molecule has 3 N–H and O–H groups in total. The second kappa shape index (κ2) is 6.28. The zero-order valence-corrected chi connectivity index (χ0v) is 13.1. The average molecular weight is 304 g/mol. The van der Waals surface area contributed by atoms with Crippen molar-refractivity contribution in [1.29, 1.82) is 0 Å². The summed E-state index contributed by atoms with van der Waals surface area (Å²) in [5.74, 6) is 0. The summed E-state index contributed by atoms with van der Waals surface area (Å²) in [5.41, 5.74) is 9.98. The molecule has 0 saturated heterocycles. The van der Waals surface area contributed by atoms with Crippen molar-refractivity contribution < 1.29 is 8.42 Å². The van der Waals surface area contributed by atoms with Gasteiger partial charge in [0.15, 0.2) is 9.84 Å². The van der Waals surface area contributed by atoms with Crippen LogP contribution >= 0.6 is 0 Å². The van der Waals surface area contributed by atoms with E-state index in [2.05, 4.69) is 5.32 Å². The minimum Gasteiger partial charge on any atom is -0.399 e. The molecular formula is C16H20N2O2S. The highest BCUT2D eigenvalue weighted by atomic mass is 32.2. The van der Waals surface area contributed by atoms with E-state index in [1.54, 1.807) is 12.1 Å². The minimum atomic E-state index is -3.13. The molecule has 0 aliphatic rings. The van der Waals surface area contributed by atoms with E-state index in [9.17, 15) is 8.42 Å². The zero-order valence-electron chi connectivity index (χ0n) is 12.3. The Morgan fingerprint density at radius 1 is 1.05 bits per heavy atom. The Kier molecular flexibility index (Phi) is 4.65. The number of hydrogen-bond donors (Lipinski definition) is 2. The van der Waals surface area contributed by atoms with Gasteiger partial charge in [-0.05, 0) is 41.8 Å². The van der Waals surface area contributed by atoms with Crippen molar-refractivity contribution >= 4 is 15.5 Å². The third kappa shape index (κ3) is 4.06. The van der Waals surface area contributed by atoms with Gasteiger partial charge >= 0.3 is 0 Å². The molecule has 0 radical (unpaired) electrons. The molecule has 0 spiro atoms. The van der Waals surface area contributed by atoms with Gasteiger partial charge in [0.05, 0.1) is 4.90 Å². The van der Waals surface area contributed by atoms with E-state index >= 15 is 0 Å². The van der Waals surface area contributed by atoms with Crippen LogP contribution in [0.1, 0.15) is 16.7 Å². The normalized spacial score (nSPS) is 11.5. The number of anilines is 1. The Hall–Kier alpha value is -1.85. The summed E-state index contributed by atoms with van der Waals surface area (Å²) < 4.78 is 22.8. The van der Waals surface area contributed by atoms with Gasteiger partial charge in [0.2, 0.25) is 0 Å². The molecule has 4 nitrogen and oxygen atoms in total. The van der Waals surface area contributed by atoms with Gasteiger partial charge in [-0.1, -0.05) is 24.3 Å². The molecule has 0 saturated carbocycles. The van der Waals surface area contributed by atoms with E-state index in [1.807, 2.05) is 37.3 Å². The lowest BCUT2D eigenvalue weighted by atomic mass is 10.1. The van der Waals surface area contributed by atoms with Crippen molar-refractivity contribution in [3.8, 4) is 0 Å². The first-order valence-electron chi connectivity index (χ1n) is 6.71. The second-order valence-corrected chi connectivity index (χ2v) is 7.17. The van der Waals surface area contributed by atoms with E-state index in [1.165, 1.54) is 11.8 Å². The minimum absolute atomic E-state index is 0.345. The van der Waals surface area contributed by atoms with Crippen LogP contribution in [0.15, 0.2) is 47.4 Å². The number of nitrogens with one attached hydrogen (secondary N) is 1. The lowest BCUT2D eigenvalue weighted by Gasteiger charge is -2.10. The molecule has 5 heteroatoms. The molecule has 2 rings (SSSR count). The molecular weight excluding hydrogens is 284 g/mol. The standard InChI is InChI=1S/C16H20N2O2S/c1-12-14(4-3-5-16(12)17)11-18-10-13-6-8-15(9-7-13)21(2,19)20/h3-9,18H,10-11,17H2,1-2H3. The smallest absolute Gasteiger partial charge is 0.175 e. The summed E-state index contributed by atoms with van der Waals surface area (Å²) in [5, 5.41) is 3.34. The van der Waals surface area contributed by atoms with E-state index < -0.39 is 9.84 Å². The molecule has 2 aromatic carbocycles. The van der Waals surface area contributed by atoms with Crippen LogP contribution in [0.25, 0.3) is 0 Å². The Morgan fingerprint density at radius 3 is 2.33 bits per heavy atom. The second-order valence-electron chi connectivity index (χ2n) is 5.15. The lowest BCUT2D eigenvalue weighted by molar-refractivity contribution is 0.602. The molecule has 0 aromatic heterocycles. The zero-order chi connectivity index (χ0) is 15.5. The SMILES string of the molecule is Cc1c(N)cccc1CNCc1ccc(S(C)(=O)=O)cc1. The van der Waals surface area contributed by atoms with Crippen LogP contribution in [0.2, 0.25) is 0 Å². The molecule has 112 valence electrons. The predicted molar refractivity (Wildman–Crippen MR) is 85.7 cm³/mol. The van der Waals surface area contributed by atoms with Crippen molar-refractivity contribution in [2.45, 2.75) is 24.9 Å². The molecule has 0 fully saturated rings. The van der Waals surface area contributed by atoms with E-state index in [4.69, 9.17) is 5.73 Å². The van der Waals surface area contributed by atoms with Gasteiger partial charge in [-0.3, -0.25) is 0 Å². The Balaban J connectivity index is 1.96. The van der Waals surface area contributed by atoms with E-state index in [0.717, 1.165) is 23.4 Å². The first kappa shape index (κ1) is 15.5. The average Bonchev–Trinajstić information content (AvgIpc) is 2.43. The fraction of sp³-hybridized carbons (Fsp3) is 0.250. The highest BCUT2D eigenvalue weighted by Crippen LogP contribution is 2.15. The summed E-state index contributed by atoms with van der Waals surface area (Å²) >= 11 is 0. The van der Waals surface area contributed by atoms with Crippen molar-refractivity contribution in [2.75, 3.05) is 12.0 Å². The Morgan fingerprint density at radius 2 is 1.71 bits per heavy atom. The molecule has 0 aliphatic heterocycles. The number of sulfone groups is 1. The van der Waals surface area contributed by atoms with Gasteiger partial charge in [0, 0.05) is 25.0 Å². The van der Waals surface area contributed by atoms with Crippen LogP contribution in [0.4, 0.5) is 5.69 Å². The molecule has 0 bridgehead atoms. The lowest BCUT2D eigenvalue weighted by Crippen LogP contribution is -2.14. The summed E-state index contributed by atoms with van der Waals surface area (Å²) in [7, 11) is -3.13. The molecule has 0 heterocycles. The molecule has 0 amide bonds. The molecule has 0 aliphatic carbocycles. The number of hydrogen-bond acceptors (Lipinski definition) is 4. The van der Waals surface area contributed by atoms with Crippen LogP contribution in [0.5, 0.6) is 0 Å². The maximum Gasteiger partial charge on any atom is 0.175 e. The van der Waals surface area contributed by atoms with Crippen LogP contribution < -0.4 is 11.1 Å². The largest absolute Gasteiger partial charge is 0.399 e. The fourth-order valence-corrected chi connectivity index (χ4v) is 2.72. The quantitative estimate of drug-likeness (QED) is 0.831. The van der Waals surface area contributed by atoms with Gasteiger partial charge in [-0.15, -0.1) is 0 Å². The Labute approximate surface area is 125 Å². The van der Waals surface area contributed by atoms with Gasteiger partial charge < -0.3 is 11.1 Å². The van der Waals surface area contributed by atoms with E-state index in [0.29, 0.717) is 11.4 Å². The number of nitrogens with two attached hydrogens (primary N) is 1. The monoisotopic (exact) mass is 304 g/mol. The molecule has 21 heavy (non-hydrogen) atoms. The Bertz CT molecular complexity index is 722. The van der Waals surface area contributed by atoms with Crippen LogP contribution in [-0.2, 0) is 22.9 Å². The van der Waals surface area contributed by atoms with Gasteiger partial charge in [-0.25, -0.2) is 8.42 Å². The van der Waals surface area contributed by atoms with Crippen LogP contribution in [-0.4, -0.2) is 14.7 Å². The van der Waals surface area contributed by atoms with Gasteiger partial charge in [0.25, 0.3) is 0 Å². The van der Waals surface area contributed by atoms with Crippen LogP contribution in [0.3, 0.4) is 0 Å². The van der Waals surface area contributed by atoms with Crippen molar-refractivity contribution in [2.24, 2.45) is 0 Å². The topological polar surface area (TPSA) is 72.2 Å². The predicted octanol–water partition coefficient (Wildman–Crippen LogP) is 2.27. The molecule has 0 atom stereocenters. The van der Waals surface area contributed by atoms with Crippen molar-refractivity contribution in [1.82, 2.24) is 5.32 Å². The van der Waals surface area contributed by atoms with Gasteiger partial charge in [-0.2, -0.15) is 0 Å². The van der Waals surface area contributed by atoms with Crippen molar-refractivity contribution in [3.05, 3.63) is 59.2 Å². The third-order valence-electron chi connectivity index (χ3n) is 3.48. The number of rotatable bonds is 5. The number of nitrogen functional groups attached to an aromatic ring is 1. The van der Waals surface area contributed by atoms with Crippen LogP contribution in [0, 0.1) is 6.92 Å². The first-order chi connectivity index (χ1) is 9.88. The summed E-state index contributed by atoms with van der Waals surface area (Å²) in [4.78, 5) is 0.345. The molecule has 2 aromatic rings. The van der Waals surface area contributed by atoms with Crippen molar-refractivity contribution in [3.63, 3.8) is 0 Å². The van der Waals surface area contributed by atoms with E-state index in [-0.39, 0.29) is 0 Å². The molecule has 0 unspecified atom stereocenters. The third-order valence-corrected chi connectivity index (χ3v) is 4.61. The fourth-order valence-electron chi connectivity index (χ4n) is 2.09. The highest BCUT2D eigenvalue weighted by Gasteiger charge is 2.06. The summed E-state index contributed by atoms with van der Waals surface area (Å²) in [6, 6.07) is 12.8. The number of benzene rings is 2. The maximum atomic E-state index is 11.4. The first-order valence-corrected chi connectivity index (χ1v) is 8.61.